The molecule has 0 spiro atoms. The number of amides is 1. The summed E-state index contributed by atoms with van der Waals surface area (Å²) in [7, 11) is 0. The topological polar surface area (TPSA) is 43.3 Å². The molecule has 22 heavy (non-hydrogen) atoms. The minimum atomic E-state index is -0.0142. The Balaban J connectivity index is 2.12. The summed E-state index contributed by atoms with van der Waals surface area (Å²) >= 11 is 0. The number of fused-ring (bicyclic) bond motifs is 1. The van der Waals surface area contributed by atoms with Crippen molar-refractivity contribution in [3.05, 3.63) is 35.0 Å². The average Bonchev–Trinajstić information content (AvgIpc) is 2.77. The molecule has 1 aromatic carbocycles. The highest BCUT2D eigenvalue weighted by atomic mass is 16.5. The number of nitrogens with zero attached hydrogens (tertiary/aromatic N) is 1. The molecule has 0 saturated carbocycles. The normalized spacial score (nSPS) is 11.1. The van der Waals surface area contributed by atoms with E-state index in [4.69, 9.17) is 4.74 Å². The van der Waals surface area contributed by atoms with Crippen molar-refractivity contribution in [2.45, 2.75) is 40.7 Å². The van der Waals surface area contributed by atoms with Gasteiger partial charge in [-0.3, -0.25) is 4.79 Å². The quantitative estimate of drug-likeness (QED) is 0.796. The van der Waals surface area contributed by atoms with Crippen LogP contribution in [0.25, 0.3) is 10.9 Å². The third-order valence-corrected chi connectivity index (χ3v) is 4.17. The average molecular weight is 302 g/mol. The minimum absolute atomic E-state index is 0.0142. The Hall–Kier alpha value is -1.81. The highest BCUT2D eigenvalue weighted by molar-refractivity contribution is 5.99. The first-order valence-corrected chi connectivity index (χ1v) is 8.05. The van der Waals surface area contributed by atoms with Gasteiger partial charge in [0.05, 0.1) is 0 Å². The molecule has 0 aliphatic carbocycles. The molecule has 1 aromatic heterocycles. The second-order valence-corrected chi connectivity index (χ2v) is 5.49. The van der Waals surface area contributed by atoms with Crippen molar-refractivity contribution < 1.29 is 9.53 Å². The van der Waals surface area contributed by atoms with Gasteiger partial charge in [-0.25, -0.2) is 0 Å². The van der Waals surface area contributed by atoms with Crippen LogP contribution in [-0.2, 0) is 11.3 Å². The number of ether oxygens (including phenoxy) is 1. The minimum Gasteiger partial charge on any atom is -0.382 e. The van der Waals surface area contributed by atoms with E-state index in [9.17, 15) is 4.79 Å². The molecule has 0 aliphatic heterocycles. The number of aryl methyl sites for hydroxylation is 2. The van der Waals surface area contributed by atoms with E-state index >= 15 is 0 Å². The molecule has 1 N–H and O–H groups in total. The number of aromatic nitrogens is 1. The van der Waals surface area contributed by atoms with Crippen LogP contribution < -0.4 is 5.32 Å². The lowest BCUT2D eigenvalue weighted by molar-refractivity contribution is 0.0944. The molecule has 2 aromatic rings. The maximum atomic E-state index is 12.2. The molecule has 0 atom stereocenters. The van der Waals surface area contributed by atoms with Gasteiger partial charge in [0.2, 0.25) is 0 Å². The van der Waals surface area contributed by atoms with E-state index in [0.717, 1.165) is 25.1 Å². The summed E-state index contributed by atoms with van der Waals surface area (Å²) in [5, 5.41) is 4.12. The summed E-state index contributed by atoms with van der Waals surface area (Å²) in [6.45, 7) is 11.4. The van der Waals surface area contributed by atoms with Gasteiger partial charge in [-0.1, -0.05) is 0 Å². The Kier molecular flexibility index (Phi) is 5.61. The first-order chi connectivity index (χ1) is 10.6. The third kappa shape index (κ3) is 3.33. The highest BCUT2D eigenvalue weighted by Gasteiger charge is 2.12. The van der Waals surface area contributed by atoms with Crippen molar-refractivity contribution in [1.82, 2.24) is 9.88 Å². The first-order valence-electron chi connectivity index (χ1n) is 8.05. The Labute approximate surface area is 132 Å². The van der Waals surface area contributed by atoms with E-state index in [1.165, 1.54) is 22.2 Å². The molecule has 4 heteroatoms. The summed E-state index contributed by atoms with van der Waals surface area (Å²) in [5.74, 6) is -0.0142. The lowest BCUT2D eigenvalue weighted by Gasteiger charge is -2.07. The lowest BCUT2D eigenvalue weighted by atomic mass is 10.1. The fourth-order valence-corrected chi connectivity index (χ4v) is 2.82. The summed E-state index contributed by atoms with van der Waals surface area (Å²) < 4.78 is 7.55. The zero-order valence-electron chi connectivity index (χ0n) is 14.0. The van der Waals surface area contributed by atoms with Gasteiger partial charge in [0.1, 0.15) is 0 Å². The van der Waals surface area contributed by atoms with Crippen LogP contribution in [0.4, 0.5) is 0 Å². The van der Waals surface area contributed by atoms with Gasteiger partial charge >= 0.3 is 0 Å². The van der Waals surface area contributed by atoms with E-state index in [1.54, 1.807) is 0 Å². The number of benzene rings is 1. The summed E-state index contributed by atoms with van der Waals surface area (Å²) in [4.78, 5) is 12.2. The predicted octanol–water partition coefficient (Wildman–Crippen LogP) is 3.43. The van der Waals surface area contributed by atoms with E-state index in [-0.39, 0.29) is 5.91 Å². The molecule has 120 valence electrons. The number of carbonyl (C=O) groups excluding carboxylic acids is 1. The molecule has 0 radical (unpaired) electrons. The molecule has 0 unspecified atom stereocenters. The number of hydrogen-bond donors (Lipinski definition) is 1. The standard InChI is InChI=1S/C18H26N2O2/c1-5-20-14(4)13(3)16-12-15(8-9-17(16)20)18(21)19-10-7-11-22-6-2/h8-9,12H,5-7,10-11H2,1-4H3,(H,19,21). The number of carbonyl (C=O) groups is 1. The molecule has 0 bridgehead atoms. The zero-order valence-corrected chi connectivity index (χ0v) is 14.0. The molecule has 0 fully saturated rings. The molecular weight excluding hydrogens is 276 g/mol. The van der Waals surface area contributed by atoms with Crippen LogP contribution >= 0.6 is 0 Å². The van der Waals surface area contributed by atoms with Crippen LogP contribution in [0.2, 0.25) is 0 Å². The van der Waals surface area contributed by atoms with E-state index in [0.29, 0.717) is 13.2 Å². The van der Waals surface area contributed by atoms with Crippen LogP contribution in [0, 0.1) is 13.8 Å². The Bertz CT molecular complexity index is 659. The second kappa shape index (κ2) is 7.45. The third-order valence-electron chi connectivity index (χ3n) is 4.17. The number of hydrogen-bond acceptors (Lipinski definition) is 2. The Morgan fingerprint density at radius 3 is 2.73 bits per heavy atom. The van der Waals surface area contributed by atoms with Gasteiger partial charge in [-0.2, -0.15) is 0 Å². The fourth-order valence-electron chi connectivity index (χ4n) is 2.82. The monoisotopic (exact) mass is 302 g/mol. The fraction of sp³-hybridized carbons (Fsp3) is 0.500. The molecule has 2 rings (SSSR count). The van der Waals surface area contributed by atoms with Crippen LogP contribution in [0.1, 0.15) is 41.9 Å². The predicted molar refractivity (Wildman–Crippen MR) is 90.5 cm³/mol. The summed E-state index contributed by atoms with van der Waals surface area (Å²) in [6.07, 6.45) is 0.839. The lowest BCUT2D eigenvalue weighted by Crippen LogP contribution is -2.25. The molecular formula is C18H26N2O2. The molecule has 0 aliphatic rings. The van der Waals surface area contributed by atoms with E-state index in [1.807, 2.05) is 25.1 Å². The molecule has 1 amide bonds. The van der Waals surface area contributed by atoms with Gasteiger partial charge < -0.3 is 14.6 Å². The summed E-state index contributed by atoms with van der Waals surface area (Å²) in [5.41, 5.74) is 4.44. The van der Waals surface area contributed by atoms with Crippen molar-refractivity contribution in [3.63, 3.8) is 0 Å². The Morgan fingerprint density at radius 1 is 1.27 bits per heavy atom. The molecule has 4 nitrogen and oxygen atoms in total. The number of nitrogens with one attached hydrogen (secondary N) is 1. The van der Waals surface area contributed by atoms with Gasteiger partial charge in [0, 0.05) is 48.5 Å². The van der Waals surface area contributed by atoms with Crippen LogP contribution in [0.3, 0.4) is 0 Å². The van der Waals surface area contributed by atoms with Crippen molar-refractivity contribution >= 4 is 16.8 Å². The number of rotatable bonds is 7. The van der Waals surface area contributed by atoms with Gasteiger partial charge in [-0.15, -0.1) is 0 Å². The van der Waals surface area contributed by atoms with Crippen molar-refractivity contribution in [2.24, 2.45) is 0 Å². The second-order valence-electron chi connectivity index (χ2n) is 5.49. The van der Waals surface area contributed by atoms with Gasteiger partial charge in [-0.05, 0) is 57.9 Å². The summed E-state index contributed by atoms with van der Waals surface area (Å²) in [6, 6.07) is 5.96. The highest BCUT2D eigenvalue weighted by Crippen LogP contribution is 2.26. The first kappa shape index (κ1) is 16.6. The van der Waals surface area contributed by atoms with Crippen molar-refractivity contribution in [2.75, 3.05) is 19.8 Å². The maximum Gasteiger partial charge on any atom is 0.251 e. The van der Waals surface area contributed by atoms with Crippen molar-refractivity contribution in [1.29, 1.82) is 0 Å². The van der Waals surface area contributed by atoms with E-state index in [2.05, 4.69) is 30.7 Å². The largest absolute Gasteiger partial charge is 0.382 e. The SMILES string of the molecule is CCOCCCNC(=O)c1ccc2c(c1)c(C)c(C)n2CC. The zero-order chi connectivity index (χ0) is 16.1. The van der Waals surface area contributed by atoms with E-state index < -0.39 is 0 Å². The van der Waals surface area contributed by atoms with Crippen LogP contribution in [0.5, 0.6) is 0 Å². The Morgan fingerprint density at radius 2 is 2.05 bits per heavy atom. The van der Waals surface area contributed by atoms with Crippen LogP contribution in [0.15, 0.2) is 18.2 Å². The van der Waals surface area contributed by atoms with Crippen LogP contribution in [-0.4, -0.2) is 30.2 Å². The maximum absolute atomic E-state index is 12.2. The molecule has 1 heterocycles. The molecule has 0 saturated heterocycles. The van der Waals surface area contributed by atoms with Gasteiger partial charge in [0.15, 0.2) is 0 Å². The smallest absolute Gasteiger partial charge is 0.251 e. The van der Waals surface area contributed by atoms with Gasteiger partial charge in [0.25, 0.3) is 5.91 Å². The van der Waals surface area contributed by atoms with Crippen molar-refractivity contribution in [3.8, 4) is 0 Å².